The van der Waals surface area contributed by atoms with Gasteiger partial charge < -0.3 is 9.47 Å². The monoisotopic (exact) mass is 457 g/mol. The van der Waals surface area contributed by atoms with Crippen LogP contribution >= 0.6 is 0 Å². The van der Waals surface area contributed by atoms with E-state index in [4.69, 9.17) is 9.47 Å². The molecule has 8 heteroatoms. The lowest BCUT2D eigenvalue weighted by molar-refractivity contribution is -0.131. The maximum atomic E-state index is 12.8. The number of ether oxygens (including phenoxy) is 2. The van der Waals surface area contributed by atoms with E-state index in [1.54, 1.807) is 37.3 Å². The Bertz CT molecular complexity index is 1310. The Morgan fingerprint density at radius 2 is 1.41 bits per heavy atom. The van der Waals surface area contributed by atoms with Gasteiger partial charge in [0, 0.05) is 12.5 Å². The molecule has 1 aliphatic rings. The average Bonchev–Trinajstić information content (AvgIpc) is 3.08. The lowest BCUT2D eigenvalue weighted by Gasteiger charge is -2.17. The molecule has 8 nitrogen and oxygen atoms in total. The van der Waals surface area contributed by atoms with Crippen LogP contribution in [0.1, 0.15) is 53.9 Å². The summed E-state index contributed by atoms with van der Waals surface area (Å²) in [5, 5.41) is 0. The van der Waals surface area contributed by atoms with Crippen LogP contribution in [-0.2, 0) is 9.53 Å². The second-order valence-electron chi connectivity index (χ2n) is 7.61. The largest absolute Gasteiger partial charge is 0.454 e. The number of nitrogens with zero attached hydrogens (tertiary/aromatic N) is 1. The minimum Gasteiger partial charge on any atom is -0.454 e. The van der Waals surface area contributed by atoms with Crippen LogP contribution in [0.5, 0.6) is 5.75 Å². The SMILES string of the molecule is CC(=O)Oc1ccc(C(=O)COC(=O)c2ccc(C)c(N3C(=O)c4ccccc4C3=O)c2)cc1. The Morgan fingerprint density at radius 3 is 2.00 bits per heavy atom. The maximum absolute atomic E-state index is 12.8. The number of amides is 2. The zero-order valence-electron chi connectivity index (χ0n) is 18.4. The van der Waals surface area contributed by atoms with E-state index < -0.39 is 36.1 Å². The minimum absolute atomic E-state index is 0.0927. The topological polar surface area (TPSA) is 107 Å². The van der Waals surface area contributed by atoms with Crippen molar-refractivity contribution in [2.45, 2.75) is 13.8 Å². The van der Waals surface area contributed by atoms with Gasteiger partial charge in [0.15, 0.2) is 12.4 Å². The number of Topliss-reactive ketones (excluding diaryl/α,β-unsaturated/α-hetero) is 1. The molecule has 170 valence electrons. The second kappa shape index (κ2) is 9.11. The molecular formula is C26H19NO7. The number of carbonyl (C=O) groups excluding carboxylic acids is 5. The summed E-state index contributed by atoms with van der Waals surface area (Å²) in [6.45, 7) is 2.47. The van der Waals surface area contributed by atoms with Gasteiger partial charge in [0.05, 0.1) is 22.4 Å². The molecular weight excluding hydrogens is 438 g/mol. The first-order valence-corrected chi connectivity index (χ1v) is 10.3. The average molecular weight is 457 g/mol. The van der Waals surface area contributed by atoms with Crippen molar-refractivity contribution >= 4 is 35.2 Å². The molecule has 1 heterocycles. The van der Waals surface area contributed by atoms with Crippen molar-refractivity contribution in [1.29, 1.82) is 0 Å². The van der Waals surface area contributed by atoms with Crippen molar-refractivity contribution in [3.63, 3.8) is 0 Å². The zero-order chi connectivity index (χ0) is 24.4. The summed E-state index contributed by atoms with van der Waals surface area (Å²) in [6.07, 6.45) is 0. The number of rotatable bonds is 6. The summed E-state index contributed by atoms with van der Waals surface area (Å²) >= 11 is 0. The van der Waals surface area contributed by atoms with E-state index in [0.29, 0.717) is 22.4 Å². The molecule has 1 aliphatic heterocycles. The lowest BCUT2D eigenvalue weighted by Crippen LogP contribution is -2.30. The fourth-order valence-electron chi connectivity index (χ4n) is 3.56. The molecule has 0 fully saturated rings. The van der Waals surface area contributed by atoms with E-state index in [-0.39, 0.29) is 16.8 Å². The third kappa shape index (κ3) is 4.33. The van der Waals surface area contributed by atoms with Crippen molar-refractivity contribution in [3.05, 3.63) is 94.5 Å². The van der Waals surface area contributed by atoms with E-state index in [2.05, 4.69) is 0 Å². The van der Waals surface area contributed by atoms with E-state index in [9.17, 15) is 24.0 Å². The number of hydrogen-bond acceptors (Lipinski definition) is 7. The third-order valence-electron chi connectivity index (χ3n) is 5.25. The number of benzene rings is 3. The molecule has 0 atom stereocenters. The summed E-state index contributed by atoms with van der Waals surface area (Å²) in [6, 6.07) is 16.8. The van der Waals surface area contributed by atoms with Gasteiger partial charge in [0.2, 0.25) is 0 Å². The molecule has 2 amide bonds. The van der Waals surface area contributed by atoms with Gasteiger partial charge in [0.1, 0.15) is 5.75 Å². The summed E-state index contributed by atoms with van der Waals surface area (Å²) in [5.74, 6) is -2.35. The molecule has 0 radical (unpaired) electrons. The highest BCUT2D eigenvalue weighted by Gasteiger charge is 2.37. The van der Waals surface area contributed by atoms with Crippen molar-refractivity contribution in [1.82, 2.24) is 0 Å². The van der Waals surface area contributed by atoms with Crippen LogP contribution in [0.2, 0.25) is 0 Å². The standard InChI is InChI=1S/C26H19NO7/c1-15-7-8-18(13-22(15)27-24(30)20-5-3-4-6-21(20)25(27)31)26(32)33-14-23(29)17-9-11-19(12-10-17)34-16(2)28/h3-13H,14H2,1-2H3. The fourth-order valence-corrected chi connectivity index (χ4v) is 3.56. The predicted octanol–water partition coefficient (Wildman–Crippen LogP) is 3.76. The van der Waals surface area contributed by atoms with Gasteiger partial charge in [-0.25, -0.2) is 9.69 Å². The van der Waals surface area contributed by atoms with Crippen LogP contribution < -0.4 is 9.64 Å². The Morgan fingerprint density at radius 1 is 0.824 bits per heavy atom. The number of ketones is 1. The van der Waals surface area contributed by atoms with Gasteiger partial charge in [-0.15, -0.1) is 0 Å². The van der Waals surface area contributed by atoms with Gasteiger partial charge in [-0.1, -0.05) is 18.2 Å². The summed E-state index contributed by atoms with van der Waals surface area (Å²) in [7, 11) is 0. The molecule has 0 saturated heterocycles. The lowest BCUT2D eigenvalue weighted by atomic mass is 10.1. The van der Waals surface area contributed by atoms with Gasteiger partial charge >= 0.3 is 11.9 Å². The molecule has 3 aromatic carbocycles. The van der Waals surface area contributed by atoms with Crippen LogP contribution in [0.3, 0.4) is 0 Å². The number of esters is 2. The highest BCUT2D eigenvalue weighted by atomic mass is 16.5. The van der Waals surface area contributed by atoms with Gasteiger partial charge in [-0.3, -0.25) is 19.2 Å². The molecule has 0 aliphatic carbocycles. The number of carbonyl (C=O) groups is 5. The summed E-state index contributed by atoms with van der Waals surface area (Å²) < 4.78 is 10.1. The molecule has 0 unspecified atom stereocenters. The van der Waals surface area contributed by atoms with Crippen molar-refractivity contribution in [2.24, 2.45) is 0 Å². The van der Waals surface area contributed by atoms with Crippen LogP contribution in [-0.4, -0.2) is 36.1 Å². The number of imide groups is 1. The molecule has 0 saturated carbocycles. The normalized spacial score (nSPS) is 12.4. The number of aryl methyl sites for hydroxylation is 1. The van der Waals surface area contributed by atoms with E-state index in [1.807, 2.05) is 0 Å². The van der Waals surface area contributed by atoms with Crippen LogP contribution in [0, 0.1) is 6.92 Å². The first-order valence-electron chi connectivity index (χ1n) is 10.3. The van der Waals surface area contributed by atoms with Crippen molar-refractivity contribution in [3.8, 4) is 5.75 Å². The smallest absolute Gasteiger partial charge is 0.338 e. The van der Waals surface area contributed by atoms with Crippen molar-refractivity contribution in [2.75, 3.05) is 11.5 Å². The molecule has 4 rings (SSSR count). The Kier molecular flexibility index (Phi) is 6.05. The molecule has 34 heavy (non-hydrogen) atoms. The van der Waals surface area contributed by atoms with Gasteiger partial charge in [-0.05, 0) is 61.0 Å². The molecule has 0 N–H and O–H groups in total. The zero-order valence-corrected chi connectivity index (χ0v) is 18.4. The van der Waals surface area contributed by atoms with Gasteiger partial charge in [0.25, 0.3) is 11.8 Å². The highest BCUT2D eigenvalue weighted by molar-refractivity contribution is 6.34. The molecule has 3 aromatic rings. The summed E-state index contributed by atoms with van der Waals surface area (Å²) in [5.41, 5.74) is 1.85. The maximum Gasteiger partial charge on any atom is 0.338 e. The first-order chi connectivity index (χ1) is 16.3. The summed E-state index contributed by atoms with van der Waals surface area (Å²) in [4.78, 5) is 62.6. The fraction of sp³-hybridized carbons (Fsp3) is 0.115. The van der Waals surface area contributed by atoms with Crippen molar-refractivity contribution < 1.29 is 33.4 Å². The minimum atomic E-state index is -0.775. The molecule has 0 bridgehead atoms. The Balaban J connectivity index is 1.47. The Hall–Kier alpha value is -4.59. The number of fused-ring (bicyclic) bond motifs is 1. The molecule has 0 spiro atoms. The van der Waals surface area contributed by atoms with E-state index in [0.717, 1.165) is 4.90 Å². The highest BCUT2D eigenvalue weighted by Crippen LogP contribution is 2.31. The van der Waals surface area contributed by atoms with Crippen LogP contribution in [0.15, 0.2) is 66.7 Å². The molecule has 0 aromatic heterocycles. The van der Waals surface area contributed by atoms with E-state index >= 15 is 0 Å². The Labute approximate surface area is 194 Å². The third-order valence-corrected chi connectivity index (χ3v) is 5.25. The van der Waals surface area contributed by atoms with Crippen LogP contribution in [0.25, 0.3) is 0 Å². The number of hydrogen-bond donors (Lipinski definition) is 0. The predicted molar refractivity (Wildman–Crippen MR) is 121 cm³/mol. The van der Waals surface area contributed by atoms with E-state index in [1.165, 1.54) is 43.3 Å². The van der Waals surface area contributed by atoms with Crippen LogP contribution in [0.4, 0.5) is 5.69 Å². The quantitative estimate of drug-likeness (QED) is 0.240. The first kappa shape index (κ1) is 22.6. The van der Waals surface area contributed by atoms with Gasteiger partial charge in [-0.2, -0.15) is 0 Å². The number of anilines is 1. The second-order valence-corrected chi connectivity index (χ2v) is 7.61.